The van der Waals surface area contributed by atoms with Crippen LogP contribution < -0.4 is 11.5 Å². The highest BCUT2D eigenvalue weighted by Crippen LogP contribution is 2.21. The molecule has 0 saturated heterocycles. The summed E-state index contributed by atoms with van der Waals surface area (Å²) in [6, 6.07) is 0. The molecule has 0 aromatic heterocycles. The fourth-order valence-electron chi connectivity index (χ4n) is 1.21. The number of aliphatic hydroxyl groups excluding tert-OH is 1. The van der Waals surface area contributed by atoms with Gasteiger partial charge in [-0.2, -0.15) is 0 Å². The van der Waals surface area contributed by atoms with Gasteiger partial charge in [0, 0.05) is 6.42 Å². The highest BCUT2D eigenvalue weighted by molar-refractivity contribution is 5.93. The smallest absolute Gasteiger partial charge is 0.253 e. The molecule has 0 aliphatic heterocycles. The standard InChI is InChI=1S/C10H16N2O4/c1-3-5-10(9(12)15,16-6-4-2)7(13)8(11)14/h3-4,7,13H,1-2,5-6H2,(H2,11,14)(H2,12,15). The van der Waals surface area contributed by atoms with Crippen molar-refractivity contribution >= 4 is 11.8 Å². The minimum Gasteiger partial charge on any atom is -0.380 e. The van der Waals surface area contributed by atoms with E-state index < -0.39 is 23.5 Å². The molecule has 0 aliphatic rings. The van der Waals surface area contributed by atoms with Crippen molar-refractivity contribution in [3.05, 3.63) is 25.3 Å². The fourth-order valence-corrected chi connectivity index (χ4v) is 1.21. The van der Waals surface area contributed by atoms with E-state index in [2.05, 4.69) is 13.2 Å². The van der Waals surface area contributed by atoms with E-state index in [4.69, 9.17) is 16.2 Å². The maximum Gasteiger partial charge on any atom is 0.253 e. The molecule has 0 rings (SSSR count). The number of carbonyl (C=O) groups excluding carboxylic acids is 2. The molecule has 2 unspecified atom stereocenters. The summed E-state index contributed by atoms with van der Waals surface area (Å²) in [6.07, 6.45) is 0.706. The molecule has 0 bridgehead atoms. The first-order valence-corrected chi connectivity index (χ1v) is 4.55. The Balaban J connectivity index is 5.21. The van der Waals surface area contributed by atoms with E-state index in [1.54, 1.807) is 0 Å². The molecule has 90 valence electrons. The van der Waals surface area contributed by atoms with Crippen LogP contribution in [0.2, 0.25) is 0 Å². The molecule has 6 heteroatoms. The Labute approximate surface area is 93.6 Å². The van der Waals surface area contributed by atoms with Crippen LogP contribution in [0.1, 0.15) is 6.42 Å². The van der Waals surface area contributed by atoms with Gasteiger partial charge in [0.25, 0.3) is 5.91 Å². The lowest BCUT2D eigenvalue weighted by molar-refractivity contribution is -0.166. The van der Waals surface area contributed by atoms with E-state index in [0.717, 1.165) is 0 Å². The van der Waals surface area contributed by atoms with Crippen LogP contribution in [-0.4, -0.2) is 35.2 Å². The third kappa shape index (κ3) is 2.91. The summed E-state index contributed by atoms with van der Waals surface area (Å²) in [4.78, 5) is 22.2. The molecule has 0 saturated carbocycles. The van der Waals surface area contributed by atoms with Gasteiger partial charge < -0.3 is 21.3 Å². The molecule has 0 spiro atoms. The van der Waals surface area contributed by atoms with Crippen LogP contribution in [0.4, 0.5) is 0 Å². The molecule has 5 N–H and O–H groups in total. The SMILES string of the molecule is C=CCOC(CC=C)(C(N)=O)C(O)C(N)=O. The summed E-state index contributed by atoms with van der Waals surface area (Å²) >= 11 is 0. The van der Waals surface area contributed by atoms with Crippen LogP contribution in [0, 0.1) is 0 Å². The summed E-state index contributed by atoms with van der Waals surface area (Å²) < 4.78 is 5.09. The lowest BCUT2D eigenvalue weighted by Crippen LogP contribution is -2.59. The van der Waals surface area contributed by atoms with Gasteiger partial charge in [0.05, 0.1) is 6.61 Å². The zero-order valence-electron chi connectivity index (χ0n) is 8.89. The molecular formula is C10H16N2O4. The first-order chi connectivity index (χ1) is 7.42. The van der Waals surface area contributed by atoms with Crippen LogP contribution in [0.3, 0.4) is 0 Å². The Kier molecular flexibility index (Phi) is 5.41. The second-order valence-electron chi connectivity index (χ2n) is 3.15. The van der Waals surface area contributed by atoms with Crippen molar-refractivity contribution in [3.8, 4) is 0 Å². The Bertz CT molecular complexity index is 303. The highest BCUT2D eigenvalue weighted by atomic mass is 16.5. The fraction of sp³-hybridized carbons (Fsp3) is 0.400. The summed E-state index contributed by atoms with van der Waals surface area (Å²) in [7, 11) is 0. The van der Waals surface area contributed by atoms with Gasteiger partial charge in [-0.1, -0.05) is 12.2 Å². The van der Waals surface area contributed by atoms with E-state index in [1.165, 1.54) is 12.2 Å². The van der Waals surface area contributed by atoms with Crippen molar-refractivity contribution in [2.24, 2.45) is 11.5 Å². The number of rotatable bonds is 8. The third-order valence-corrected chi connectivity index (χ3v) is 2.03. The number of primary amides is 2. The lowest BCUT2D eigenvalue weighted by Gasteiger charge is -2.32. The first kappa shape index (κ1) is 14.3. The van der Waals surface area contributed by atoms with Gasteiger partial charge in [-0.15, -0.1) is 13.2 Å². The first-order valence-electron chi connectivity index (χ1n) is 4.55. The second-order valence-corrected chi connectivity index (χ2v) is 3.15. The molecule has 16 heavy (non-hydrogen) atoms. The average molecular weight is 228 g/mol. The van der Waals surface area contributed by atoms with Gasteiger partial charge in [-0.3, -0.25) is 9.59 Å². The number of amides is 2. The normalized spacial score (nSPS) is 15.8. The van der Waals surface area contributed by atoms with Gasteiger partial charge in [0.2, 0.25) is 5.91 Å². The number of aliphatic hydroxyl groups is 1. The van der Waals surface area contributed by atoms with Crippen LogP contribution in [-0.2, 0) is 14.3 Å². The maximum absolute atomic E-state index is 11.3. The van der Waals surface area contributed by atoms with Crippen molar-refractivity contribution in [2.75, 3.05) is 6.61 Å². The molecule has 2 amide bonds. The average Bonchev–Trinajstić information content (AvgIpc) is 2.22. The molecule has 0 aromatic rings. The van der Waals surface area contributed by atoms with Crippen LogP contribution in [0.15, 0.2) is 25.3 Å². The zero-order chi connectivity index (χ0) is 12.8. The van der Waals surface area contributed by atoms with Gasteiger partial charge in [0.1, 0.15) is 0 Å². The summed E-state index contributed by atoms with van der Waals surface area (Å²) in [5, 5.41) is 9.58. The molecule has 0 radical (unpaired) electrons. The van der Waals surface area contributed by atoms with Crippen molar-refractivity contribution < 1.29 is 19.4 Å². The number of ether oxygens (including phenoxy) is 1. The number of carbonyl (C=O) groups is 2. The van der Waals surface area contributed by atoms with Crippen LogP contribution >= 0.6 is 0 Å². The number of hydrogen-bond acceptors (Lipinski definition) is 4. The highest BCUT2D eigenvalue weighted by Gasteiger charge is 2.46. The number of nitrogens with two attached hydrogens (primary N) is 2. The lowest BCUT2D eigenvalue weighted by atomic mass is 9.91. The molecule has 0 heterocycles. The topological polar surface area (TPSA) is 116 Å². The molecule has 0 aromatic carbocycles. The van der Waals surface area contributed by atoms with E-state index in [-0.39, 0.29) is 13.0 Å². The summed E-state index contributed by atoms with van der Waals surface area (Å²) in [6.45, 7) is 6.73. The number of hydrogen-bond donors (Lipinski definition) is 3. The third-order valence-electron chi connectivity index (χ3n) is 2.03. The predicted molar refractivity (Wildman–Crippen MR) is 58.1 cm³/mol. The van der Waals surface area contributed by atoms with Gasteiger partial charge in [-0.25, -0.2) is 0 Å². The van der Waals surface area contributed by atoms with Crippen molar-refractivity contribution in [2.45, 2.75) is 18.1 Å². The van der Waals surface area contributed by atoms with Gasteiger partial charge in [-0.05, 0) is 0 Å². The quantitative estimate of drug-likeness (QED) is 0.454. The van der Waals surface area contributed by atoms with E-state index in [0.29, 0.717) is 0 Å². The molecule has 2 atom stereocenters. The molecule has 0 aliphatic carbocycles. The van der Waals surface area contributed by atoms with Crippen LogP contribution in [0.25, 0.3) is 0 Å². The van der Waals surface area contributed by atoms with E-state index >= 15 is 0 Å². The molecular weight excluding hydrogens is 212 g/mol. The minimum atomic E-state index is -1.89. The summed E-state index contributed by atoms with van der Waals surface area (Å²) in [5.74, 6) is -2.08. The monoisotopic (exact) mass is 228 g/mol. The van der Waals surface area contributed by atoms with Crippen molar-refractivity contribution in [1.82, 2.24) is 0 Å². The second kappa shape index (κ2) is 6.04. The van der Waals surface area contributed by atoms with Crippen molar-refractivity contribution in [1.29, 1.82) is 0 Å². The van der Waals surface area contributed by atoms with Gasteiger partial charge in [0.15, 0.2) is 11.7 Å². The summed E-state index contributed by atoms with van der Waals surface area (Å²) in [5.41, 5.74) is 8.16. The Morgan fingerprint density at radius 2 is 1.94 bits per heavy atom. The van der Waals surface area contributed by atoms with Crippen molar-refractivity contribution in [3.63, 3.8) is 0 Å². The van der Waals surface area contributed by atoms with Crippen LogP contribution in [0.5, 0.6) is 0 Å². The van der Waals surface area contributed by atoms with E-state index in [9.17, 15) is 14.7 Å². The zero-order valence-corrected chi connectivity index (χ0v) is 8.89. The molecule has 0 fully saturated rings. The minimum absolute atomic E-state index is 0.0544. The Hall–Kier alpha value is -1.66. The Morgan fingerprint density at radius 1 is 1.38 bits per heavy atom. The van der Waals surface area contributed by atoms with E-state index in [1.807, 2.05) is 0 Å². The maximum atomic E-state index is 11.3. The van der Waals surface area contributed by atoms with Gasteiger partial charge >= 0.3 is 0 Å². The largest absolute Gasteiger partial charge is 0.380 e. The molecule has 6 nitrogen and oxygen atoms in total. The Morgan fingerprint density at radius 3 is 2.25 bits per heavy atom. The predicted octanol–water partition coefficient (Wildman–Crippen LogP) is -1.16.